The Balaban J connectivity index is 1.77. The van der Waals surface area contributed by atoms with Gasteiger partial charge in [0.1, 0.15) is 11.9 Å². The van der Waals surface area contributed by atoms with Crippen molar-refractivity contribution in [1.82, 2.24) is 4.90 Å². The van der Waals surface area contributed by atoms with Crippen LogP contribution in [0.4, 0.5) is 0 Å². The van der Waals surface area contributed by atoms with Gasteiger partial charge in [-0.25, -0.2) is 4.99 Å². The maximum Gasteiger partial charge on any atom is 0.261 e. The van der Waals surface area contributed by atoms with Crippen molar-refractivity contribution in [3.8, 4) is 5.75 Å². The van der Waals surface area contributed by atoms with E-state index in [-0.39, 0.29) is 23.6 Å². The van der Waals surface area contributed by atoms with Crippen molar-refractivity contribution in [2.75, 3.05) is 13.7 Å². The molecule has 0 aliphatic carbocycles. The lowest BCUT2D eigenvalue weighted by Gasteiger charge is -2.44. The number of nitrogens with zero attached hydrogens (tertiary/aromatic N) is 2. The highest BCUT2D eigenvalue weighted by molar-refractivity contribution is 9.10. The highest BCUT2D eigenvalue weighted by atomic mass is 79.9. The number of hydrogen-bond acceptors (Lipinski definition) is 5. The summed E-state index contributed by atoms with van der Waals surface area (Å²) in [7, 11) is 1.68. The number of amides is 1. The number of carbonyl (C=O) groups is 1. The molecule has 3 unspecified atom stereocenters. The molecule has 3 aliphatic heterocycles. The molecule has 0 bridgehead atoms. The SMILES string of the molecule is CN1C(=O)C2(CC(C3CCOC(C)(C)C3)Oc3ccc(Br)cc32)N=C1N. The standard InChI is InChI=1S/C19H24BrN3O3/c1-18(2)9-11(6-7-25-18)15-10-19(16(24)23(3)17(21)22-19)13-8-12(20)4-5-14(13)26-15/h4-5,8,11,15H,6-7,9-10H2,1-3H3,(H2,21,22). The Bertz CT molecular complexity index is 794. The number of benzene rings is 1. The summed E-state index contributed by atoms with van der Waals surface area (Å²) in [6, 6.07) is 5.77. The van der Waals surface area contributed by atoms with Gasteiger partial charge in [0.05, 0.1) is 5.60 Å². The zero-order valence-corrected chi connectivity index (χ0v) is 16.9. The van der Waals surface area contributed by atoms with Crippen LogP contribution in [0.25, 0.3) is 0 Å². The third kappa shape index (κ3) is 2.72. The molecule has 0 saturated carbocycles. The van der Waals surface area contributed by atoms with Crippen molar-refractivity contribution in [1.29, 1.82) is 0 Å². The van der Waals surface area contributed by atoms with Crippen LogP contribution in [-0.4, -0.2) is 42.1 Å². The molecule has 4 rings (SSSR count). The summed E-state index contributed by atoms with van der Waals surface area (Å²) < 4.78 is 13.1. The van der Waals surface area contributed by atoms with E-state index < -0.39 is 5.54 Å². The first kappa shape index (κ1) is 17.8. The smallest absolute Gasteiger partial charge is 0.261 e. The van der Waals surface area contributed by atoms with Gasteiger partial charge in [-0.15, -0.1) is 0 Å². The molecule has 3 atom stereocenters. The minimum atomic E-state index is -0.997. The van der Waals surface area contributed by atoms with Crippen LogP contribution in [0.1, 0.15) is 38.7 Å². The van der Waals surface area contributed by atoms with E-state index in [4.69, 9.17) is 15.2 Å². The molecule has 3 heterocycles. The van der Waals surface area contributed by atoms with E-state index in [1.54, 1.807) is 7.05 Å². The molecule has 1 spiro atoms. The van der Waals surface area contributed by atoms with Crippen molar-refractivity contribution in [2.45, 2.75) is 50.4 Å². The zero-order chi connectivity index (χ0) is 18.7. The fourth-order valence-corrected chi connectivity index (χ4v) is 4.76. The molecule has 26 heavy (non-hydrogen) atoms. The van der Waals surface area contributed by atoms with Gasteiger partial charge in [0.2, 0.25) is 0 Å². The van der Waals surface area contributed by atoms with Crippen LogP contribution in [0, 0.1) is 5.92 Å². The van der Waals surface area contributed by atoms with Crippen LogP contribution in [0.2, 0.25) is 0 Å². The number of likely N-dealkylation sites (N-methyl/N-ethyl adjacent to an activating group) is 1. The third-order valence-corrected chi connectivity index (χ3v) is 6.22. The van der Waals surface area contributed by atoms with Gasteiger partial charge in [0.15, 0.2) is 11.5 Å². The minimum Gasteiger partial charge on any atom is -0.490 e. The molecule has 6 nitrogen and oxygen atoms in total. The van der Waals surface area contributed by atoms with Crippen LogP contribution in [-0.2, 0) is 15.1 Å². The highest BCUT2D eigenvalue weighted by Crippen LogP contribution is 2.49. The normalized spacial score (nSPS) is 33.0. The molecular weight excluding hydrogens is 398 g/mol. The summed E-state index contributed by atoms with van der Waals surface area (Å²) in [6.45, 7) is 4.91. The Labute approximate surface area is 161 Å². The second-order valence-corrected chi connectivity index (χ2v) is 8.97. The highest BCUT2D eigenvalue weighted by Gasteiger charge is 2.55. The van der Waals surface area contributed by atoms with Crippen molar-refractivity contribution in [3.05, 3.63) is 28.2 Å². The van der Waals surface area contributed by atoms with Crippen LogP contribution in [0.15, 0.2) is 27.7 Å². The average molecular weight is 422 g/mol. The number of aliphatic imine (C=N–C) groups is 1. The molecule has 3 aliphatic rings. The van der Waals surface area contributed by atoms with Gasteiger partial charge in [-0.05, 0) is 44.9 Å². The van der Waals surface area contributed by atoms with Crippen LogP contribution in [0.5, 0.6) is 5.75 Å². The predicted octanol–water partition coefficient (Wildman–Crippen LogP) is 2.79. The van der Waals surface area contributed by atoms with E-state index in [9.17, 15) is 4.79 Å². The molecule has 1 amide bonds. The van der Waals surface area contributed by atoms with Crippen LogP contribution >= 0.6 is 15.9 Å². The van der Waals surface area contributed by atoms with Gasteiger partial charge in [0.25, 0.3) is 5.91 Å². The third-order valence-electron chi connectivity index (χ3n) is 5.73. The number of ether oxygens (including phenoxy) is 2. The molecule has 1 aromatic carbocycles. The second-order valence-electron chi connectivity index (χ2n) is 8.06. The number of carbonyl (C=O) groups excluding carboxylic acids is 1. The molecule has 0 radical (unpaired) electrons. The Morgan fingerprint density at radius 3 is 2.77 bits per heavy atom. The Morgan fingerprint density at radius 2 is 2.12 bits per heavy atom. The molecule has 1 saturated heterocycles. The molecule has 7 heteroatoms. The first-order chi connectivity index (χ1) is 12.2. The fraction of sp³-hybridized carbons (Fsp3) is 0.579. The summed E-state index contributed by atoms with van der Waals surface area (Å²) in [6.07, 6.45) is 2.21. The Morgan fingerprint density at radius 1 is 1.35 bits per heavy atom. The minimum absolute atomic E-state index is 0.0889. The summed E-state index contributed by atoms with van der Waals surface area (Å²) in [5, 5.41) is 0. The lowest BCUT2D eigenvalue weighted by molar-refractivity contribution is -0.134. The summed E-state index contributed by atoms with van der Waals surface area (Å²) in [5.41, 5.74) is 5.62. The van der Waals surface area contributed by atoms with Gasteiger partial charge in [-0.3, -0.25) is 9.69 Å². The molecule has 2 N–H and O–H groups in total. The lowest BCUT2D eigenvalue weighted by Crippen LogP contribution is -2.49. The summed E-state index contributed by atoms with van der Waals surface area (Å²) >= 11 is 3.50. The number of guanidine groups is 1. The van der Waals surface area contributed by atoms with Crippen molar-refractivity contribution < 1.29 is 14.3 Å². The maximum atomic E-state index is 13.2. The predicted molar refractivity (Wildman–Crippen MR) is 102 cm³/mol. The second kappa shape index (κ2) is 5.96. The lowest BCUT2D eigenvalue weighted by atomic mass is 9.75. The van der Waals surface area contributed by atoms with Crippen molar-refractivity contribution in [2.24, 2.45) is 16.6 Å². The van der Waals surface area contributed by atoms with Crippen molar-refractivity contribution >= 4 is 27.8 Å². The number of rotatable bonds is 1. The fourth-order valence-electron chi connectivity index (χ4n) is 4.40. The monoisotopic (exact) mass is 421 g/mol. The topological polar surface area (TPSA) is 77.2 Å². The Kier molecular flexibility index (Phi) is 4.08. The molecule has 140 valence electrons. The van der Waals surface area contributed by atoms with E-state index in [0.29, 0.717) is 24.7 Å². The number of fused-ring (bicyclic) bond motifs is 2. The van der Waals surface area contributed by atoms with Gasteiger partial charge < -0.3 is 15.2 Å². The first-order valence-electron chi connectivity index (χ1n) is 8.96. The molecule has 1 fully saturated rings. The number of nitrogens with two attached hydrogens (primary N) is 1. The van der Waals surface area contributed by atoms with Gasteiger partial charge in [-0.1, -0.05) is 15.9 Å². The van der Waals surface area contributed by atoms with Crippen molar-refractivity contribution in [3.63, 3.8) is 0 Å². The summed E-state index contributed by atoms with van der Waals surface area (Å²) in [4.78, 5) is 19.2. The molecular formula is C19H24BrN3O3. The van der Waals surface area contributed by atoms with E-state index in [1.807, 2.05) is 18.2 Å². The zero-order valence-electron chi connectivity index (χ0n) is 15.3. The largest absolute Gasteiger partial charge is 0.490 e. The Hall–Kier alpha value is -1.60. The molecule has 0 aromatic heterocycles. The first-order valence-corrected chi connectivity index (χ1v) is 9.75. The summed E-state index contributed by atoms with van der Waals surface area (Å²) in [5.74, 6) is 1.19. The van der Waals surface area contributed by atoms with Gasteiger partial charge in [-0.2, -0.15) is 0 Å². The number of halogens is 1. The van der Waals surface area contributed by atoms with E-state index in [1.165, 1.54) is 4.90 Å². The van der Waals surface area contributed by atoms with E-state index in [0.717, 1.165) is 22.9 Å². The van der Waals surface area contributed by atoms with Gasteiger partial charge in [0, 0.05) is 36.0 Å². The van der Waals surface area contributed by atoms with Crippen LogP contribution < -0.4 is 10.5 Å². The quantitative estimate of drug-likeness (QED) is 0.755. The van der Waals surface area contributed by atoms with E-state index >= 15 is 0 Å². The number of hydrogen-bond donors (Lipinski definition) is 1. The van der Waals surface area contributed by atoms with Gasteiger partial charge >= 0.3 is 0 Å². The van der Waals surface area contributed by atoms with E-state index in [2.05, 4.69) is 34.8 Å². The molecule has 1 aromatic rings. The van der Waals surface area contributed by atoms with Crippen LogP contribution in [0.3, 0.4) is 0 Å². The maximum absolute atomic E-state index is 13.2. The average Bonchev–Trinajstić information content (AvgIpc) is 2.79.